The summed E-state index contributed by atoms with van der Waals surface area (Å²) in [5, 5.41) is 3.68. The maximum Gasteiger partial charge on any atom is 0.264 e. The Morgan fingerprint density at radius 1 is 0.862 bits per heavy atom. The number of nitrogens with zero attached hydrogens (tertiary/aromatic N) is 1. The minimum Gasteiger partial charge on any atom is -0.325 e. The van der Waals surface area contributed by atoms with Gasteiger partial charge < -0.3 is 5.32 Å². The van der Waals surface area contributed by atoms with Crippen LogP contribution in [0.1, 0.15) is 5.56 Å². The number of halogens is 2. The predicted octanol–water partition coefficient (Wildman–Crippen LogP) is 5.14. The SMILES string of the molecule is Cc1ccc(S(=O)(=O)N(CC(=O)Nc2ccc(Cl)cc2)c2ccc(Cl)cc2)cc1. The number of amides is 1. The molecule has 3 aromatic carbocycles. The lowest BCUT2D eigenvalue weighted by molar-refractivity contribution is -0.114. The molecule has 0 radical (unpaired) electrons. The highest BCUT2D eigenvalue weighted by Gasteiger charge is 2.27. The Morgan fingerprint density at radius 3 is 1.93 bits per heavy atom. The van der Waals surface area contributed by atoms with Gasteiger partial charge in [0, 0.05) is 15.7 Å². The Kier molecular flexibility index (Phi) is 6.47. The lowest BCUT2D eigenvalue weighted by Crippen LogP contribution is -2.38. The van der Waals surface area contributed by atoms with Crippen LogP contribution in [0.4, 0.5) is 11.4 Å². The van der Waals surface area contributed by atoms with Gasteiger partial charge in [-0.25, -0.2) is 8.42 Å². The molecule has 0 unspecified atom stereocenters. The molecule has 0 aliphatic rings. The van der Waals surface area contributed by atoms with Gasteiger partial charge in [0.1, 0.15) is 6.54 Å². The highest BCUT2D eigenvalue weighted by atomic mass is 35.5. The van der Waals surface area contributed by atoms with Gasteiger partial charge in [-0.2, -0.15) is 0 Å². The maximum absolute atomic E-state index is 13.3. The van der Waals surface area contributed by atoms with E-state index in [9.17, 15) is 13.2 Å². The van der Waals surface area contributed by atoms with E-state index in [2.05, 4.69) is 5.32 Å². The van der Waals surface area contributed by atoms with Crippen LogP contribution in [0.2, 0.25) is 10.0 Å². The molecule has 0 aromatic heterocycles. The van der Waals surface area contributed by atoms with Gasteiger partial charge in [-0.3, -0.25) is 9.10 Å². The lowest BCUT2D eigenvalue weighted by atomic mass is 10.2. The molecule has 0 heterocycles. The molecule has 29 heavy (non-hydrogen) atoms. The summed E-state index contributed by atoms with van der Waals surface area (Å²) in [4.78, 5) is 12.7. The van der Waals surface area contributed by atoms with Gasteiger partial charge in [0.05, 0.1) is 10.6 Å². The van der Waals surface area contributed by atoms with Crippen LogP contribution in [0.15, 0.2) is 77.7 Å². The monoisotopic (exact) mass is 448 g/mol. The summed E-state index contributed by atoms with van der Waals surface area (Å²) < 4.78 is 27.6. The highest BCUT2D eigenvalue weighted by molar-refractivity contribution is 7.92. The first-order valence-electron chi connectivity index (χ1n) is 8.66. The van der Waals surface area contributed by atoms with Crippen molar-refractivity contribution in [3.05, 3.63) is 88.4 Å². The molecule has 0 bridgehead atoms. The van der Waals surface area contributed by atoms with Crippen molar-refractivity contribution in [2.75, 3.05) is 16.2 Å². The molecule has 0 fully saturated rings. The Morgan fingerprint density at radius 2 is 1.38 bits per heavy atom. The second kappa shape index (κ2) is 8.86. The Bertz CT molecular complexity index is 1100. The largest absolute Gasteiger partial charge is 0.325 e. The molecule has 8 heteroatoms. The third-order valence-corrected chi connectivity index (χ3v) is 6.43. The molecular formula is C21H18Cl2N2O3S. The maximum atomic E-state index is 13.3. The first-order valence-corrected chi connectivity index (χ1v) is 10.9. The van der Waals surface area contributed by atoms with E-state index in [1.54, 1.807) is 60.7 Å². The number of carbonyl (C=O) groups excluding carboxylic acids is 1. The quantitative estimate of drug-likeness (QED) is 0.567. The molecule has 0 saturated heterocycles. The Balaban J connectivity index is 1.92. The van der Waals surface area contributed by atoms with Gasteiger partial charge >= 0.3 is 0 Å². The van der Waals surface area contributed by atoms with Crippen molar-refractivity contribution in [1.29, 1.82) is 0 Å². The van der Waals surface area contributed by atoms with E-state index < -0.39 is 22.5 Å². The zero-order chi connectivity index (χ0) is 21.0. The van der Waals surface area contributed by atoms with Crippen LogP contribution >= 0.6 is 23.2 Å². The van der Waals surface area contributed by atoms with Crippen LogP contribution in [0, 0.1) is 6.92 Å². The van der Waals surface area contributed by atoms with Crippen LogP contribution in [0.25, 0.3) is 0 Å². The minimum absolute atomic E-state index is 0.0948. The highest BCUT2D eigenvalue weighted by Crippen LogP contribution is 2.25. The third kappa shape index (κ3) is 5.29. The number of benzene rings is 3. The summed E-state index contributed by atoms with van der Waals surface area (Å²) in [6.07, 6.45) is 0. The van der Waals surface area contributed by atoms with Crippen molar-refractivity contribution in [3.63, 3.8) is 0 Å². The average Bonchev–Trinajstić information content (AvgIpc) is 2.69. The van der Waals surface area contributed by atoms with Crippen molar-refractivity contribution < 1.29 is 13.2 Å². The summed E-state index contributed by atoms with van der Waals surface area (Å²) in [6.45, 7) is 1.47. The molecule has 1 amide bonds. The number of carbonyl (C=O) groups is 1. The predicted molar refractivity (Wildman–Crippen MR) is 117 cm³/mol. The number of hydrogen-bond acceptors (Lipinski definition) is 3. The van der Waals surface area contributed by atoms with Gasteiger partial charge in [-0.05, 0) is 67.6 Å². The first kappa shape index (κ1) is 21.2. The van der Waals surface area contributed by atoms with Gasteiger partial charge in [0.15, 0.2) is 0 Å². The van der Waals surface area contributed by atoms with Crippen molar-refractivity contribution >= 4 is 50.5 Å². The normalized spacial score (nSPS) is 11.1. The second-order valence-electron chi connectivity index (χ2n) is 6.36. The fraction of sp³-hybridized carbons (Fsp3) is 0.0952. The molecule has 1 N–H and O–H groups in total. The van der Waals surface area contributed by atoms with Gasteiger partial charge in [0.25, 0.3) is 10.0 Å². The summed E-state index contributed by atoms with van der Waals surface area (Å²) in [6, 6.07) is 19.3. The molecule has 3 aromatic rings. The molecule has 0 aliphatic heterocycles. The summed E-state index contributed by atoms with van der Waals surface area (Å²) >= 11 is 11.8. The van der Waals surface area contributed by atoms with E-state index >= 15 is 0 Å². The fourth-order valence-corrected chi connectivity index (χ4v) is 4.30. The van der Waals surface area contributed by atoms with Crippen LogP contribution < -0.4 is 9.62 Å². The first-order chi connectivity index (χ1) is 13.8. The summed E-state index contributed by atoms with van der Waals surface area (Å²) in [7, 11) is -3.97. The zero-order valence-corrected chi connectivity index (χ0v) is 17.8. The number of anilines is 2. The number of nitrogens with one attached hydrogen (secondary N) is 1. The number of hydrogen-bond donors (Lipinski definition) is 1. The van der Waals surface area contributed by atoms with E-state index in [1.807, 2.05) is 6.92 Å². The van der Waals surface area contributed by atoms with Gasteiger partial charge in [-0.15, -0.1) is 0 Å². The van der Waals surface area contributed by atoms with Crippen LogP contribution in [0.5, 0.6) is 0 Å². The van der Waals surface area contributed by atoms with Crippen LogP contribution in [-0.2, 0) is 14.8 Å². The van der Waals surface area contributed by atoms with E-state index in [0.717, 1.165) is 9.87 Å². The summed E-state index contributed by atoms with van der Waals surface area (Å²) in [5.41, 5.74) is 1.78. The number of rotatable bonds is 6. The summed E-state index contributed by atoms with van der Waals surface area (Å²) in [5.74, 6) is -0.488. The Hall–Kier alpha value is -2.54. The van der Waals surface area contributed by atoms with Crippen molar-refractivity contribution in [2.24, 2.45) is 0 Å². The van der Waals surface area contributed by atoms with E-state index in [0.29, 0.717) is 21.4 Å². The van der Waals surface area contributed by atoms with Gasteiger partial charge in [0.2, 0.25) is 5.91 Å². The Labute approximate surface area is 179 Å². The van der Waals surface area contributed by atoms with Crippen LogP contribution in [0.3, 0.4) is 0 Å². The topological polar surface area (TPSA) is 66.5 Å². The molecule has 5 nitrogen and oxygen atoms in total. The molecule has 3 rings (SSSR count). The van der Waals surface area contributed by atoms with Crippen molar-refractivity contribution in [1.82, 2.24) is 0 Å². The van der Waals surface area contributed by atoms with Crippen molar-refractivity contribution in [2.45, 2.75) is 11.8 Å². The fourth-order valence-electron chi connectivity index (χ4n) is 2.62. The van der Waals surface area contributed by atoms with Crippen LogP contribution in [-0.4, -0.2) is 20.9 Å². The smallest absolute Gasteiger partial charge is 0.264 e. The second-order valence-corrected chi connectivity index (χ2v) is 9.09. The molecule has 0 atom stereocenters. The average molecular weight is 449 g/mol. The molecule has 0 spiro atoms. The lowest BCUT2D eigenvalue weighted by Gasteiger charge is -2.24. The molecule has 150 valence electrons. The molecule has 0 aliphatic carbocycles. The van der Waals surface area contributed by atoms with E-state index in [-0.39, 0.29) is 4.90 Å². The van der Waals surface area contributed by atoms with Gasteiger partial charge in [-0.1, -0.05) is 40.9 Å². The number of aryl methyl sites for hydroxylation is 1. The number of sulfonamides is 1. The van der Waals surface area contributed by atoms with E-state index in [4.69, 9.17) is 23.2 Å². The minimum atomic E-state index is -3.97. The zero-order valence-electron chi connectivity index (χ0n) is 15.5. The standard InChI is InChI=1S/C21H18Cl2N2O3S/c1-15-2-12-20(13-3-15)29(27,28)25(19-10-6-17(23)7-11-19)14-21(26)24-18-8-4-16(22)5-9-18/h2-13H,14H2,1H3,(H,24,26). The molecular weight excluding hydrogens is 431 g/mol. The van der Waals surface area contributed by atoms with Crippen molar-refractivity contribution in [3.8, 4) is 0 Å². The third-order valence-electron chi connectivity index (χ3n) is 4.14. The molecule has 0 saturated carbocycles. The van der Waals surface area contributed by atoms with E-state index in [1.165, 1.54) is 12.1 Å².